The fourth-order valence-electron chi connectivity index (χ4n) is 7.88. The maximum Gasteiger partial charge on any atom is 0.326 e. The lowest BCUT2D eigenvalue weighted by molar-refractivity contribution is -0.144. The molecule has 71 heavy (non-hydrogen) atoms. The van der Waals surface area contributed by atoms with Crippen molar-refractivity contribution in [2.45, 2.75) is 140 Å². The fourth-order valence-corrected chi connectivity index (χ4v) is 7.88. The molecule has 2 heterocycles. The van der Waals surface area contributed by atoms with Crippen LogP contribution < -0.4 is 59.3 Å². The molecule has 0 aromatic heterocycles. The molecule has 2 aliphatic rings. The normalized spacial score (nSPS) is 19.0. The molecule has 2 aliphatic heterocycles. The second kappa shape index (κ2) is 29.6. The van der Waals surface area contributed by atoms with E-state index >= 15 is 0 Å². The smallest absolute Gasteiger partial charge is 0.326 e. The molecule has 26 nitrogen and oxygen atoms in total. The number of carbonyl (C=O) groups is 10. The Hall–Kier alpha value is -6.48. The topological polar surface area (TPSA) is 415 Å². The lowest BCUT2D eigenvalue weighted by atomic mass is 10.0. The summed E-state index contributed by atoms with van der Waals surface area (Å²) in [6, 6.07) is -2.02. The van der Waals surface area contributed by atoms with Crippen LogP contribution in [0.3, 0.4) is 0 Å². The van der Waals surface area contributed by atoms with Crippen molar-refractivity contribution in [3.63, 3.8) is 0 Å². The van der Waals surface area contributed by atoms with E-state index in [9.17, 15) is 68.4 Å². The highest BCUT2D eigenvalue weighted by Gasteiger charge is 2.37. The maximum atomic E-state index is 13.7. The summed E-state index contributed by atoms with van der Waals surface area (Å²) < 4.78 is 0. The second-order valence-corrected chi connectivity index (χ2v) is 18.1. The Bertz CT molecular complexity index is 2010. The number of nitrogens with zero attached hydrogens (tertiary/aromatic N) is 1. The Morgan fingerprint density at radius 1 is 0.789 bits per heavy atom. The molecule has 17 N–H and O–H groups in total. The number of phenols is 1. The van der Waals surface area contributed by atoms with Crippen LogP contribution in [-0.4, -0.2) is 178 Å². The van der Waals surface area contributed by atoms with Gasteiger partial charge in [-0.05, 0) is 94.9 Å². The van der Waals surface area contributed by atoms with Crippen molar-refractivity contribution in [2.24, 2.45) is 17.4 Å². The predicted octanol–water partition coefficient (Wildman–Crippen LogP) is -5.24. The number of carbonyl (C=O) groups excluding carboxylic acids is 9. The van der Waals surface area contributed by atoms with E-state index in [1.54, 1.807) is 13.8 Å². The summed E-state index contributed by atoms with van der Waals surface area (Å²) in [7, 11) is 0. The molecule has 9 amide bonds. The first kappa shape index (κ1) is 58.8. The highest BCUT2D eigenvalue weighted by molar-refractivity contribution is 5.95. The zero-order chi connectivity index (χ0) is 52.8. The molecule has 0 radical (unpaired) electrons. The van der Waals surface area contributed by atoms with Gasteiger partial charge in [-0.2, -0.15) is 0 Å². The average Bonchev–Trinajstić information content (AvgIpc) is 4.00. The molecule has 9 atom stereocenters. The number of unbranched alkanes of at least 4 members (excludes halogenated alkanes) is 1. The SMILES string of the molecule is CC(C)C[C@H](NC(=O)CNC(=O)[C@H](Cc1ccc(O)cc1)NC(O)[C@H](CCC(N)=O)NC(=O)CNC(=O)[C@@H]1C[C@@H](O)CN1)C(=O)N[C@@H](C)C(=O)NCC(=O)N1CCC[C@H]1C(=O)N[C@@H](CCCCN)C(=O)O. The van der Waals surface area contributed by atoms with Gasteiger partial charge >= 0.3 is 5.97 Å². The Balaban J connectivity index is 1.61. The van der Waals surface area contributed by atoms with Crippen LogP contribution in [0.2, 0.25) is 0 Å². The average molecular weight is 1010 g/mol. The fraction of sp³-hybridized carbons (Fsp3) is 0.644. The number of β-amino-alcohol motifs (C(OH)–C–C–N with tert-alkyl or cyclic N) is 1. The number of likely N-dealkylation sites (tertiary alicyclic amines) is 1. The van der Waals surface area contributed by atoms with E-state index in [1.807, 2.05) is 0 Å². The van der Waals surface area contributed by atoms with Crippen molar-refractivity contribution in [1.82, 2.24) is 52.8 Å². The van der Waals surface area contributed by atoms with Gasteiger partial charge in [-0.1, -0.05) is 26.0 Å². The van der Waals surface area contributed by atoms with Crippen LogP contribution in [0.15, 0.2) is 24.3 Å². The van der Waals surface area contributed by atoms with Gasteiger partial charge in [0, 0.05) is 19.5 Å². The lowest BCUT2D eigenvalue weighted by Gasteiger charge is -2.29. The van der Waals surface area contributed by atoms with Crippen LogP contribution in [0.1, 0.15) is 84.1 Å². The van der Waals surface area contributed by atoms with Gasteiger partial charge in [-0.15, -0.1) is 0 Å². The molecule has 0 bridgehead atoms. The van der Waals surface area contributed by atoms with Gasteiger partial charge in [-0.3, -0.25) is 48.5 Å². The molecule has 0 saturated carbocycles. The summed E-state index contributed by atoms with van der Waals surface area (Å²) in [5, 5.41) is 63.4. The Kier molecular flexibility index (Phi) is 24.6. The second-order valence-electron chi connectivity index (χ2n) is 18.1. The summed E-state index contributed by atoms with van der Waals surface area (Å²) in [6.07, 6.45) is -0.810. The third kappa shape index (κ3) is 20.8. The van der Waals surface area contributed by atoms with Gasteiger partial charge in [0.25, 0.3) is 0 Å². The number of benzene rings is 1. The van der Waals surface area contributed by atoms with E-state index in [0.717, 1.165) is 0 Å². The molecule has 26 heteroatoms. The van der Waals surface area contributed by atoms with Crippen LogP contribution in [0.4, 0.5) is 0 Å². The third-order valence-electron chi connectivity index (χ3n) is 11.7. The number of carboxylic acid groups (broad SMARTS) is 1. The number of nitrogens with one attached hydrogen (secondary N) is 9. The van der Waals surface area contributed by atoms with E-state index in [4.69, 9.17) is 11.5 Å². The van der Waals surface area contributed by atoms with Gasteiger partial charge in [0.15, 0.2) is 0 Å². The number of hydrogen-bond donors (Lipinski definition) is 15. The third-order valence-corrected chi connectivity index (χ3v) is 11.7. The van der Waals surface area contributed by atoms with Gasteiger partial charge in [0.05, 0.1) is 43.9 Å². The summed E-state index contributed by atoms with van der Waals surface area (Å²) in [4.78, 5) is 130. The molecule has 1 aromatic rings. The number of aromatic hydroxyl groups is 1. The van der Waals surface area contributed by atoms with Crippen molar-refractivity contribution >= 4 is 59.1 Å². The van der Waals surface area contributed by atoms with Crippen molar-refractivity contribution in [3.8, 4) is 5.75 Å². The van der Waals surface area contributed by atoms with E-state index in [-0.39, 0.29) is 63.3 Å². The van der Waals surface area contributed by atoms with Gasteiger partial charge in [0.2, 0.25) is 53.2 Å². The first-order valence-corrected chi connectivity index (χ1v) is 23.7. The summed E-state index contributed by atoms with van der Waals surface area (Å²) in [6.45, 7) is 3.97. The maximum absolute atomic E-state index is 13.7. The molecule has 1 unspecified atom stereocenters. The zero-order valence-corrected chi connectivity index (χ0v) is 40.4. The van der Waals surface area contributed by atoms with Crippen molar-refractivity contribution in [1.29, 1.82) is 0 Å². The van der Waals surface area contributed by atoms with Crippen LogP contribution in [0, 0.1) is 5.92 Å². The predicted molar refractivity (Wildman–Crippen MR) is 253 cm³/mol. The Morgan fingerprint density at radius 2 is 1.45 bits per heavy atom. The number of aliphatic hydroxyl groups is 2. The number of aliphatic hydroxyl groups excluding tert-OH is 2. The minimum absolute atomic E-state index is 0.0655. The molecule has 396 valence electrons. The Labute approximate surface area is 411 Å². The van der Waals surface area contributed by atoms with Crippen LogP contribution in [0.5, 0.6) is 5.75 Å². The minimum Gasteiger partial charge on any atom is -0.508 e. The Morgan fingerprint density at radius 3 is 2.07 bits per heavy atom. The number of carboxylic acids is 1. The van der Waals surface area contributed by atoms with E-state index in [1.165, 1.54) is 36.1 Å². The number of hydrogen-bond acceptors (Lipinski definition) is 16. The number of rotatable bonds is 30. The molecule has 1 aromatic carbocycles. The minimum atomic E-state index is -1.71. The highest BCUT2D eigenvalue weighted by Crippen LogP contribution is 2.19. The van der Waals surface area contributed by atoms with Crippen LogP contribution in [-0.2, 0) is 54.4 Å². The van der Waals surface area contributed by atoms with Gasteiger partial charge in [0.1, 0.15) is 36.1 Å². The number of primary amides is 1. The zero-order valence-electron chi connectivity index (χ0n) is 40.4. The van der Waals surface area contributed by atoms with Crippen molar-refractivity contribution < 1.29 is 68.4 Å². The number of nitrogens with two attached hydrogens (primary N) is 2. The highest BCUT2D eigenvalue weighted by atomic mass is 16.4. The van der Waals surface area contributed by atoms with E-state index in [2.05, 4.69) is 47.9 Å². The monoisotopic (exact) mass is 1000 g/mol. The molecule has 2 fully saturated rings. The van der Waals surface area contributed by atoms with E-state index in [0.29, 0.717) is 37.8 Å². The van der Waals surface area contributed by atoms with Crippen LogP contribution >= 0.6 is 0 Å². The summed E-state index contributed by atoms with van der Waals surface area (Å²) in [5.74, 6) is -7.85. The summed E-state index contributed by atoms with van der Waals surface area (Å²) in [5.41, 5.74) is 11.3. The number of phenolic OH excluding ortho intramolecular Hbond substituents is 1. The molecule has 0 spiro atoms. The largest absolute Gasteiger partial charge is 0.508 e. The number of aliphatic carboxylic acids is 1. The first-order chi connectivity index (χ1) is 33.6. The molecular weight excluding hydrogens is 933 g/mol. The van der Waals surface area contributed by atoms with E-state index < -0.39 is 133 Å². The van der Waals surface area contributed by atoms with Gasteiger partial charge in [-0.25, -0.2) is 4.79 Å². The standard InChI is InChI=1S/C45H72N12O14/c1-24(2)17-32(43(68)52-25(3)39(64)51-23-38(63)57-16-6-8-34(57)44(69)55-30(45(70)71)7-4-5-15-46)54-37(62)22-50-41(66)33(18-26-9-11-27(58)12-10-26)56-42(67)29(13-14-35(47)60)53-36(61)21-49-40(65)31-19-28(59)20-48-31/h9-12,24-25,28-34,42,48,56,58-59,67H,4-8,13-23,46H2,1-3H3,(H2,47,60)(H,49,65)(H,50,66)(H,51,64)(H,52,68)(H,53,61)(H,54,62)(H,55,69)(H,70,71)/t25-,28+,29-,30-,31-,32-,33-,34-,42?/m0/s1. The molecule has 0 aliphatic carbocycles. The van der Waals surface area contributed by atoms with Crippen LogP contribution in [0.25, 0.3) is 0 Å². The first-order valence-electron chi connectivity index (χ1n) is 23.7. The van der Waals surface area contributed by atoms with Crippen molar-refractivity contribution in [3.05, 3.63) is 29.8 Å². The lowest BCUT2D eigenvalue weighted by Crippen LogP contribution is -2.59. The van der Waals surface area contributed by atoms with Gasteiger partial charge < -0.3 is 79.3 Å². The summed E-state index contributed by atoms with van der Waals surface area (Å²) >= 11 is 0. The number of amides is 9. The molecule has 3 rings (SSSR count). The molecule has 2 saturated heterocycles. The quantitative estimate of drug-likeness (QED) is 0.0253. The molecular formula is C45H72N12O14. The van der Waals surface area contributed by atoms with Crippen molar-refractivity contribution in [2.75, 3.05) is 39.3 Å².